The molecule has 0 fully saturated rings. The number of hydrogen-bond donors (Lipinski definition) is 1. The van der Waals surface area contributed by atoms with E-state index in [4.69, 9.17) is 4.74 Å². The number of nitrogens with zero attached hydrogens (tertiary/aromatic N) is 1. The van der Waals surface area contributed by atoms with Gasteiger partial charge in [-0.3, -0.25) is 0 Å². The van der Waals surface area contributed by atoms with E-state index in [1.807, 2.05) is 6.92 Å². The van der Waals surface area contributed by atoms with Gasteiger partial charge in [0.2, 0.25) is 10.0 Å². The summed E-state index contributed by atoms with van der Waals surface area (Å²) in [5.41, 5.74) is 0. The molecule has 6 heteroatoms. The summed E-state index contributed by atoms with van der Waals surface area (Å²) >= 11 is 0. The van der Waals surface area contributed by atoms with E-state index in [2.05, 4.69) is 12.2 Å². The van der Waals surface area contributed by atoms with Crippen LogP contribution in [-0.2, 0) is 14.8 Å². The van der Waals surface area contributed by atoms with Gasteiger partial charge in [0.15, 0.2) is 0 Å². The van der Waals surface area contributed by atoms with Crippen LogP contribution in [0.3, 0.4) is 0 Å². The standard InChI is InChI=1S/C12H28N2O3S/c1-4-6-11-17-12-9-13-8-7-10-14(5-2)18(3,15)16/h13H,4-12H2,1-3H3. The van der Waals surface area contributed by atoms with Crippen molar-refractivity contribution in [2.24, 2.45) is 0 Å². The fourth-order valence-electron chi connectivity index (χ4n) is 1.56. The van der Waals surface area contributed by atoms with Crippen LogP contribution in [0.2, 0.25) is 0 Å². The zero-order valence-corrected chi connectivity index (χ0v) is 12.8. The van der Waals surface area contributed by atoms with Crippen LogP contribution >= 0.6 is 0 Å². The van der Waals surface area contributed by atoms with Crippen LogP contribution in [0.4, 0.5) is 0 Å². The molecule has 1 N–H and O–H groups in total. The zero-order valence-electron chi connectivity index (χ0n) is 11.9. The molecule has 0 saturated heterocycles. The van der Waals surface area contributed by atoms with E-state index in [1.165, 1.54) is 10.6 Å². The summed E-state index contributed by atoms with van der Waals surface area (Å²) in [5, 5.41) is 3.25. The molecule has 5 nitrogen and oxygen atoms in total. The highest BCUT2D eigenvalue weighted by atomic mass is 32.2. The highest BCUT2D eigenvalue weighted by Crippen LogP contribution is 1.97. The van der Waals surface area contributed by atoms with E-state index < -0.39 is 10.0 Å². The van der Waals surface area contributed by atoms with Gasteiger partial charge in [-0.05, 0) is 19.4 Å². The SMILES string of the molecule is CCCCOCCNCCCN(CC)S(C)(=O)=O. The third kappa shape index (κ3) is 9.82. The first-order valence-corrected chi connectivity index (χ1v) is 8.60. The van der Waals surface area contributed by atoms with Crippen LogP contribution in [0.1, 0.15) is 33.1 Å². The van der Waals surface area contributed by atoms with E-state index in [-0.39, 0.29) is 0 Å². The van der Waals surface area contributed by atoms with Gasteiger partial charge in [-0.15, -0.1) is 0 Å². The molecule has 0 radical (unpaired) electrons. The molecule has 0 amide bonds. The maximum absolute atomic E-state index is 11.3. The van der Waals surface area contributed by atoms with Crippen molar-refractivity contribution in [3.63, 3.8) is 0 Å². The third-order valence-electron chi connectivity index (χ3n) is 2.65. The molecule has 0 rings (SSSR count). The number of ether oxygens (including phenoxy) is 1. The average Bonchev–Trinajstić information content (AvgIpc) is 2.30. The minimum atomic E-state index is -3.04. The van der Waals surface area contributed by atoms with Gasteiger partial charge < -0.3 is 10.1 Å². The Morgan fingerprint density at radius 3 is 2.39 bits per heavy atom. The Morgan fingerprint density at radius 2 is 1.83 bits per heavy atom. The lowest BCUT2D eigenvalue weighted by Crippen LogP contribution is -2.32. The van der Waals surface area contributed by atoms with Crippen molar-refractivity contribution in [2.45, 2.75) is 33.1 Å². The summed E-state index contributed by atoms with van der Waals surface area (Å²) in [4.78, 5) is 0. The van der Waals surface area contributed by atoms with Gasteiger partial charge in [-0.25, -0.2) is 12.7 Å². The van der Waals surface area contributed by atoms with Gasteiger partial charge in [-0.1, -0.05) is 20.3 Å². The first-order valence-electron chi connectivity index (χ1n) is 6.76. The lowest BCUT2D eigenvalue weighted by molar-refractivity contribution is 0.133. The smallest absolute Gasteiger partial charge is 0.211 e. The van der Waals surface area contributed by atoms with E-state index in [0.29, 0.717) is 13.1 Å². The summed E-state index contributed by atoms with van der Waals surface area (Å²) in [6, 6.07) is 0. The lowest BCUT2D eigenvalue weighted by Gasteiger charge is -2.17. The molecule has 0 aliphatic carbocycles. The topological polar surface area (TPSA) is 58.6 Å². The molecule has 0 aromatic carbocycles. The van der Waals surface area contributed by atoms with Gasteiger partial charge in [0.05, 0.1) is 12.9 Å². The number of unbranched alkanes of at least 4 members (excludes halogenated alkanes) is 1. The molecule has 0 heterocycles. The van der Waals surface area contributed by atoms with Gasteiger partial charge in [0, 0.05) is 26.2 Å². The molecule has 0 unspecified atom stereocenters. The van der Waals surface area contributed by atoms with Crippen molar-refractivity contribution in [2.75, 3.05) is 45.6 Å². The third-order valence-corrected chi connectivity index (χ3v) is 4.03. The molecule has 110 valence electrons. The normalized spacial score (nSPS) is 12.2. The van der Waals surface area contributed by atoms with Crippen molar-refractivity contribution in [3.05, 3.63) is 0 Å². The summed E-state index contributed by atoms with van der Waals surface area (Å²) < 4.78 is 29.5. The molecular formula is C12H28N2O3S. The van der Waals surface area contributed by atoms with Gasteiger partial charge in [-0.2, -0.15) is 0 Å². The number of sulfonamides is 1. The van der Waals surface area contributed by atoms with Crippen molar-refractivity contribution < 1.29 is 13.2 Å². The van der Waals surface area contributed by atoms with Crippen LogP contribution in [0, 0.1) is 0 Å². The van der Waals surface area contributed by atoms with Crippen molar-refractivity contribution >= 4 is 10.0 Å². The molecule has 0 aliphatic rings. The largest absolute Gasteiger partial charge is 0.380 e. The van der Waals surface area contributed by atoms with E-state index in [0.717, 1.165) is 45.6 Å². The van der Waals surface area contributed by atoms with Crippen molar-refractivity contribution in [3.8, 4) is 0 Å². The van der Waals surface area contributed by atoms with Crippen LogP contribution in [0.5, 0.6) is 0 Å². The maximum atomic E-state index is 11.3. The quantitative estimate of drug-likeness (QED) is 0.543. The summed E-state index contributed by atoms with van der Waals surface area (Å²) in [7, 11) is -3.04. The average molecular weight is 280 g/mol. The monoisotopic (exact) mass is 280 g/mol. The van der Waals surface area contributed by atoms with E-state index >= 15 is 0 Å². The predicted molar refractivity (Wildman–Crippen MR) is 75.3 cm³/mol. The molecule has 0 aromatic heterocycles. The molecule has 18 heavy (non-hydrogen) atoms. The molecular weight excluding hydrogens is 252 g/mol. The second kappa shape index (κ2) is 10.7. The second-order valence-electron chi connectivity index (χ2n) is 4.32. The lowest BCUT2D eigenvalue weighted by atomic mass is 10.4. The molecule has 0 spiro atoms. The number of hydrogen-bond acceptors (Lipinski definition) is 4. The Hall–Kier alpha value is -0.170. The maximum Gasteiger partial charge on any atom is 0.211 e. The Kier molecular flexibility index (Phi) is 10.6. The van der Waals surface area contributed by atoms with Crippen molar-refractivity contribution in [1.29, 1.82) is 0 Å². The Bertz CT molecular complexity index is 281. The van der Waals surface area contributed by atoms with Gasteiger partial charge >= 0.3 is 0 Å². The fourth-order valence-corrected chi connectivity index (χ4v) is 2.49. The first kappa shape index (κ1) is 17.8. The van der Waals surface area contributed by atoms with Gasteiger partial charge in [0.1, 0.15) is 0 Å². The molecule has 0 atom stereocenters. The molecule has 0 bridgehead atoms. The molecule has 0 saturated carbocycles. The highest BCUT2D eigenvalue weighted by Gasteiger charge is 2.12. The predicted octanol–water partition coefficient (Wildman–Crippen LogP) is 1.06. The molecule has 0 aromatic rings. The number of rotatable bonds is 12. The summed E-state index contributed by atoms with van der Waals surface area (Å²) in [6.07, 6.45) is 4.35. The second-order valence-corrected chi connectivity index (χ2v) is 6.31. The zero-order chi connectivity index (χ0) is 13.9. The number of nitrogens with one attached hydrogen (secondary N) is 1. The van der Waals surface area contributed by atoms with Crippen LogP contribution in [0.25, 0.3) is 0 Å². The van der Waals surface area contributed by atoms with E-state index in [1.54, 1.807) is 0 Å². The minimum Gasteiger partial charge on any atom is -0.380 e. The Morgan fingerprint density at radius 1 is 1.11 bits per heavy atom. The first-order chi connectivity index (χ1) is 8.52. The van der Waals surface area contributed by atoms with Crippen LogP contribution in [-0.4, -0.2) is 58.4 Å². The highest BCUT2D eigenvalue weighted by molar-refractivity contribution is 7.88. The fraction of sp³-hybridized carbons (Fsp3) is 1.00. The molecule has 0 aliphatic heterocycles. The minimum absolute atomic E-state index is 0.541. The Labute approximate surface area is 112 Å². The van der Waals surface area contributed by atoms with Gasteiger partial charge in [0.25, 0.3) is 0 Å². The van der Waals surface area contributed by atoms with Crippen LogP contribution in [0.15, 0.2) is 0 Å². The summed E-state index contributed by atoms with van der Waals surface area (Å²) in [5.74, 6) is 0. The van der Waals surface area contributed by atoms with Crippen molar-refractivity contribution in [1.82, 2.24) is 9.62 Å². The summed E-state index contributed by atoms with van der Waals surface area (Å²) in [6.45, 7) is 8.33. The van der Waals surface area contributed by atoms with E-state index in [9.17, 15) is 8.42 Å². The van der Waals surface area contributed by atoms with Crippen LogP contribution < -0.4 is 5.32 Å². The Balaban J connectivity index is 3.39.